The first-order valence-corrected chi connectivity index (χ1v) is 7.02. The van der Waals surface area contributed by atoms with Gasteiger partial charge in [-0.2, -0.15) is 4.31 Å². The van der Waals surface area contributed by atoms with Gasteiger partial charge >= 0.3 is 0 Å². The number of nitrogens with zero attached hydrogens (tertiary/aromatic N) is 3. The van der Waals surface area contributed by atoms with Crippen LogP contribution in [0, 0.1) is 0 Å². The minimum Gasteiger partial charge on any atom is -0.315 e. The molecule has 1 saturated heterocycles. The Hall–Kier alpha value is -1.05. The molecule has 0 amide bonds. The highest BCUT2D eigenvalue weighted by molar-refractivity contribution is 7.88. The van der Waals surface area contributed by atoms with E-state index in [1.807, 2.05) is 0 Å². The normalized spacial score (nSPS) is 21.6. The van der Waals surface area contributed by atoms with Crippen molar-refractivity contribution in [1.29, 1.82) is 0 Å². The van der Waals surface area contributed by atoms with E-state index in [4.69, 9.17) is 0 Å². The zero-order chi connectivity index (χ0) is 12.3. The minimum atomic E-state index is -3.57. The molecule has 7 heteroatoms. The van der Waals surface area contributed by atoms with Crippen molar-refractivity contribution >= 4 is 10.0 Å². The van der Waals surface area contributed by atoms with Crippen molar-refractivity contribution in [2.75, 3.05) is 20.1 Å². The van der Waals surface area contributed by atoms with E-state index >= 15 is 0 Å². The van der Waals surface area contributed by atoms with Crippen molar-refractivity contribution in [3.63, 3.8) is 0 Å². The van der Waals surface area contributed by atoms with E-state index < -0.39 is 10.0 Å². The van der Waals surface area contributed by atoms with Crippen LogP contribution in [0.1, 0.15) is 12.8 Å². The number of sulfonamides is 1. The summed E-state index contributed by atoms with van der Waals surface area (Å²) in [5.41, 5.74) is 0. The lowest BCUT2D eigenvalue weighted by Crippen LogP contribution is -2.46. The second-order valence-corrected chi connectivity index (χ2v) is 5.94. The van der Waals surface area contributed by atoms with Gasteiger partial charge in [-0.1, -0.05) is 0 Å². The molecule has 0 aromatic carbocycles. The molecule has 0 saturated carbocycles. The summed E-state index contributed by atoms with van der Waals surface area (Å²) >= 11 is 0. The van der Waals surface area contributed by atoms with Gasteiger partial charge in [0.2, 0.25) is 0 Å². The number of rotatable bonds is 3. The molecule has 2 heterocycles. The first-order chi connectivity index (χ1) is 8.12. The second-order valence-electron chi connectivity index (χ2n) is 4.05. The van der Waals surface area contributed by atoms with Gasteiger partial charge in [-0.25, -0.2) is 18.4 Å². The van der Waals surface area contributed by atoms with E-state index in [0.717, 1.165) is 19.4 Å². The van der Waals surface area contributed by atoms with Gasteiger partial charge < -0.3 is 5.32 Å². The summed E-state index contributed by atoms with van der Waals surface area (Å²) in [7, 11) is -1.98. The van der Waals surface area contributed by atoms with Crippen LogP contribution in [0.4, 0.5) is 0 Å². The number of piperidine rings is 1. The first kappa shape index (κ1) is 12.4. The Morgan fingerprint density at radius 3 is 2.71 bits per heavy atom. The molecule has 0 radical (unpaired) electrons. The average molecular weight is 256 g/mol. The molecule has 1 aliphatic heterocycles. The highest BCUT2D eigenvalue weighted by atomic mass is 32.2. The summed E-state index contributed by atoms with van der Waals surface area (Å²) in [5, 5.41) is 3.06. The van der Waals surface area contributed by atoms with Gasteiger partial charge in [0.15, 0.2) is 0 Å². The smallest absolute Gasteiger partial charge is 0.278 e. The molecular weight excluding hydrogens is 240 g/mol. The van der Waals surface area contributed by atoms with E-state index in [9.17, 15) is 8.42 Å². The predicted octanol–water partition coefficient (Wildman–Crippen LogP) is -0.151. The Balaban J connectivity index is 2.20. The molecule has 2 rings (SSSR count). The zero-order valence-electron chi connectivity index (χ0n) is 9.70. The van der Waals surface area contributed by atoms with Crippen molar-refractivity contribution in [2.24, 2.45) is 0 Å². The molecule has 1 aliphatic rings. The van der Waals surface area contributed by atoms with Crippen LogP contribution >= 0.6 is 0 Å². The Bertz CT molecular complexity index is 456. The summed E-state index contributed by atoms with van der Waals surface area (Å²) in [4.78, 5) is 7.61. The monoisotopic (exact) mass is 256 g/mol. The van der Waals surface area contributed by atoms with E-state index in [1.165, 1.54) is 16.7 Å². The molecule has 6 nitrogen and oxygen atoms in total. The molecular formula is C10H16N4O2S. The van der Waals surface area contributed by atoms with Crippen LogP contribution in [-0.2, 0) is 10.0 Å². The highest BCUT2D eigenvalue weighted by Gasteiger charge is 2.30. The average Bonchev–Trinajstić information content (AvgIpc) is 2.40. The Morgan fingerprint density at radius 2 is 2.12 bits per heavy atom. The van der Waals surface area contributed by atoms with Crippen LogP contribution in [0.5, 0.6) is 0 Å². The first-order valence-electron chi connectivity index (χ1n) is 5.58. The third-order valence-corrected chi connectivity index (χ3v) is 4.67. The molecule has 0 aliphatic carbocycles. The van der Waals surface area contributed by atoms with E-state index in [-0.39, 0.29) is 11.2 Å². The molecule has 0 unspecified atom stereocenters. The lowest BCUT2D eigenvalue weighted by molar-refractivity contribution is 0.298. The maximum Gasteiger partial charge on any atom is 0.278 e. The maximum atomic E-state index is 12.2. The van der Waals surface area contributed by atoms with E-state index in [2.05, 4.69) is 15.3 Å². The molecule has 17 heavy (non-hydrogen) atoms. The van der Waals surface area contributed by atoms with Crippen molar-refractivity contribution in [3.8, 4) is 0 Å². The third-order valence-electron chi connectivity index (χ3n) is 2.94. The fraction of sp³-hybridized carbons (Fsp3) is 0.600. The van der Waals surface area contributed by atoms with Crippen molar-refractivity contribution < 1.29 is 8.42 Å². The molecule has 1 aromatic rings. The summed E-state index contributed by atoms with van der Waals surface area (Å²) in [6.45, 7) is 1.63. The zero-order valence-corrected chi connectivity index (χ0v) is 10.5. The van der Waals surface area contributed by atoms with Crippen LogP contribution in [-0.4, -0.2) is 48.9 Å². The predicted molar refractivity (Wildman–Crippen MR) is 62.9 cm³/mol. The summed E-state index contributed by atoms with van der Waals surface area (Å²) in [6.07, 6.45) is 4.73. The minimum absolute atomic E-state index is 0.0162. The van der Waals surface area contributed by atoms with Gasteiger partial charge in [0.25, 0.3) is 15.2 Å². The van der Waals surface area contributed by atoms with Gasteiger partial charge in [-0.05, 0) is 25.5 Å². The lowest BCUT2D eigenvalue weighted by Gasteiger charge is -2.30. The van der Waals surface area contributed by atoms with Gasteiger partial charge in [0.05, 0.1) is 0 Å². The van der Waals surface area contributed by atoms with Crippen molar-refractivity contribution in [1.82, 2.24) is 19.6 Å². The number of likely N-dealkylation sites (N-methyl/N-ethyl adjacent to an activating group) is 1. The lowest BCUT2D eigenvalue weighted by atomic mass is 10.1. The molecule has 1 fully saturated rings. The Morgan fingerprint density at radius 1 is 1.41 bits per heavy atom. The molecule has 1 aromatic heterocycles. The fourth-order valence-corrected chi connectivity index (χ4v) is 3.11. The van der Waals surface area contributed by atoms with Gasteiger partial charge in [0.1, 0.15) is 0 Å². The van der Waals surface area contributed by atoms with Crippen molar-refractivity contribution in [3.05, 3.63) is 18.5 Å². The third kappa shape index (κ3) is 2.62. The van der Waals surface area contributed by atoms with E-state index in [1.54, 1.807) is 13.1 Å². The summed E-state index contributed by atoms with van der Waals surface area (Å²) in [6, 6.07) is 1.58. The molecule has 0 bridgehead atoms. The van der Waals surface area contributed by atoms with Crippen molar-refractivity contribution in [2.45, 2.75) is 24.0 Å². The quantitative estimate of drug-likeness (QED) is 0.761. The topological polar surface area (TPSA) is 75.2 Å². The summed E-state index contributed by atoms with van der Waals surface area (Å²) in [5.74, 6) is 0. The Labute approximate surface area is 101 Å². The van der Waals surface area contributed by atoms with Gasteiger partial charge in [-0.3, -0.25) is 0 Å². The summed E-state index contributed by atoms with van der Waals surface area (Å²) < 4.78 is 25.8. The number of hydrogen-bond donors (Lipinski definition) is 1. The number of nitrogens with one attached hydrogen (secondary N) is 1. The van der Waals surface area contributed by atoms with Crippen LogP contribution < -0.4 is 5.32 Å². The maximum absolute atomic E-state index is 12.2. The van der Waals surface area contributed by atoms with Crippen LogP contribution in [0.2, 0.25) is 0 Å². The largest absolute Gasteiger partial charge is 0.315 e. The number of aromatic nitrogens is 2. The highest BCUT2D eigenvalue weighted by Crippen LogP contribution is 2.16. The fourth-order valence-electron chi connectivity index (χ4n) is 1.89. The number of hydrogen-bond acceptors (Lipinski definition) is 5. The SMILES string of the molecule is CN([C@@H]1CCCNC1)S(=O)(=O)c1ncccn1. The Kier molecular flexibility index (Phi) is 3.70. The molecule has 1 N–H and O–H groups in total. The van der Waals surface area contributed by atoms with Crippen LogP contribution in [0.15, 0.2) is 23.6 Å². The van der Waals surface area contributed by atoms with E-state index in [0.29, 0.717) is 6.54 Å². The second kappa shape index (κ2) is 5.07. The molecule has 0 spiro atoms. The van der Waals surface area contributed by atoms with Gasteiger partial charge in [0, 0.05) is 32.0 Å². The standard InChI is InChI=1S/C10H16N4O2S/c1-14(9-4-2-5-11-8-9)17(15,16)10-12-6-3-7-13-10/h3,6-7,9,11H,2,4-5,8H2,1H3/t9-/m1/s1. The van der Waals surface area contributed by atoms with Gasteiger partial charge in [-0.15, -0.1) is 0 Å². The van der Waals surface area contributed by atoms with Crippen LogP contribution in [0.25, 0.3) is 0 Å². The molecule has 1 atom stereocenters. The molecule has 94 valence electrons. The van der Waals surface area contributed by atoms with Crippen LogP contribution in [0.3, 0.4) is 0 Å².